The molecule has 0 fully saturated rings. The summed E-state index contributed by atoms with van der Waals surface area (Å²) in [7, 11) is 0. The van der Waals surface area contributed by atoms with Gasteiger partial charge in [-0.3, -0.25) is 0 Å². The van der Waals surface area contributed by atoms with Crippen molar-refractivity contribution in [2.45, 2.75) is 13.8 Å². The van der Waals surface area contributed by atoms with Crippen molar-refractivity contribution >= 4 is 57.2 Å². The fourth-order valence-corrected chi connectivity index (χ4v) is 7.15. The van der Waals surface area contributed by atoms with Crippen LogP contribution < -0.4 is 21.3 Å². The SMILES string of the molecule is C/C=C\c1c(C)oc2c(N3c4ccccc4B(c4c(-c5ccccc5)cccc4-c4ccccc4)c4ccccc43)cccc12. The van der Waals surface area contributed by atoms with E-state index in [1.807, 2.05) is 0 Å². The lowest BCUT2D eigenvalue weighted by molar-refractivity contribution is 0.578. The second-order valence-corrected chi connectivity index (χ2v) is 11.6. The summed E-state index contributed by atoms with van der Waals surface area (Å²) in [4.78, 5) is 2.40. The van der Waals surface area contributed by atoms with Crippen LogP contribution in [0.1, 0.15) is 18.2 Å². The molecule has 1 aliphatic heterocycles. The first kappa shape index (κ1) is 27.0. The zero-order valence-electron chi connectivity index (χ0n) is 25.4. The summed E-state index contributed by atoms with van der Waals surface area (Å²) in [6.07, 6.45) is 4.22. The molecule has 0 spiro atoms. The van der Waals surface area contributed by atoms with Crippen LogP contribution in [0.25, 0.3) is 39.3 Å². The van der Waals surface area contributed by atoms with E-state index >= 15 is 0 Å². The second kappa shape index (κ2) is 11.2. The Balaban J connectivity index is 1.43. The highest BCUT2D eigenvalue weighted by atomic mass is 16.3. The molecule has 7 aromatic rings. The van der Waals surface area contributed by atoms with E-state index in [-0.39, 0.29) is 6.71 Å². The molecular weight excluding hydrogens is 545 g/mol. The third kappa shape index (κ3) is 4.43. The van der Waals surface area contributed by atoms with Gasteiger partial charge in [-0.15, -0.1) is 0 Å². The van der Waals surface area contributed by atoms with Gasteiger partial charge in [0.1, 0.15) is 5.76 Å². The molecule has 0 unspecified atom stereocenters. The third-order valence-electron chi connectivity index (χ3n) is 9.03. The van der Waals surface area contributed by atoms with Gasteiger partial charge in [-0.2, -0.15) is 0 Å². The Kier molecular flexibility index (Phi) is 6.72. The van der Waals surface area contributed by atoms with Gasteiger partial charge in [0, 0.05) is 22.3 Å². The Morgan fingerprint density at radius 3 is 1.64 bits per heavy atom. The van der Waals surface area contributed by atoms with Crippen LogP contribution in [0.5, 0.6) is 0 Å². The molecule has 0 N–H and O–H groups in total. The minimum Gasteiger partial charge on any atom is -0.459 e. The molecule has 0 radical (unpaired) electrons. The first-order chi connectivity index (χ1) is 22.2. The minimum absolute atomic E-state index is 0.0105. The van der Waals surface area contributed by atoms with Crippen LogP contribution >= 0.6 is 0 Å². The lowest BCUT2D eigenvalue weighted by Crippen LogP contribution is -2.58. The number of nitrogens with zero attached hydrogens (tertiary/aromatic N) is 1. The average Bonchev–Trinajstić information content (AvgIpc) is 3.42. The van der Waals surface area contributed by atoms with Gasteiger partial charge in [-0.25, -0.2) is 0 Å². The quantitative estimate of drug-likeness (QED) is 0.190. The van der Waals surface area contributed by atoms with E-state index in [2.05, 4.69) is 176 Å². The Morgan fingerprint density at radius 1 is 0.556 bits per heavy atom. The number of hydrogen-bond donors (Lipinski definition) is 0. The highest BCUT2D eigenvalue weighted by molar-refractivity contribution is 6.99. The number of allylic oxidation sites excluding steroid dienone is 1. The van der Waals surface area contributed by atoms with Crippen molar-refractivity contribution in [1.82, 2.24) is 0 Å². The summed E-state index contributed by atoms with van der Waals surface area (Å²) < 4.78 is 6.54. The largest absolute Gasteiger partial charge is 0.459 e. The molecule has 0 saturated heterocycles. The van der Waals surface area contributed by atoms with Crippen LogP contribution in [0.15, 0.2) is 156 Å². The number of rotatable bonds is 5. The zero-order chi connectivity index (χ0) is 30.3. The third-order valence-corrected chi connectivity index (χ3v) is 9.03. The summed E-state index contributed by atoms with van der Waals surface area (Å²) in [6.45, 7) is 4.12. The summed E-state index contributed by atoms with van der Waals surface area (Å²) in [6, 6.07) is 52.6. The summed E-state index contributed by atoms with van der Waals surface area (Å²) in [5, 5.41) is 1.13. The van der Waals surface area contributed by atoms with E-state index in [0.717, 1.165) is 39.4 Å². The van der Waals surface area contributed by atoms with Crippen molar-refractivity contribution in [3.05, 3.63) is 163 Å². The van der Waals surface area contributed by atoms with Gasteiger partial charge in [-0.1, -0.05) is 145 Å². The van der Waals surface area contributed by atoms with Gasteiger partial charge in [0.2, 0.25) is 6.71 Å². The number of aryl methyl sites for hydroxylation is 1. The summed E-state index contributed by atoms with van der Waals surface area (Å²) in [5.41, 5.74) is 14.2. The van der Waals surface area contributed by atoms with E-state index in [1.165, 1.54) is 38.6 Å². The van der Waals surface area contributed by atoms with Crippen LogP contribution in [0.3, 0.4) is 0 Å². The zero-order valence-corrected chi connectivity index (χ0v) is 25.4. The lowest BCUT2D eigenvalue weighted by atomic mass is 9.33. The lowest BCUT2D eigenvalue weighted by Gasteiger charge is -2.38. The molecule has 0 amide bonds. The number of fused-ring (bicyclic) bond motifs is 3. The minimum atomic E-state index is 0.0105. The van der Waals surface area contributed by atoms with E-state index < -0.39 is 0 Å². The van der Waals surface area contributed by atoms with Crippen molar-refractivity contribution < 1.29 is 4.42 Å². The summed E-state index contributed by atoms with van der Waals surface area (Å²) in [5.74, 6) is 0.927. The van der Waals surface area contributed by atoms with Gasteiger partial charge in [0.05, 0.1) is 5.69 Å². The molecule has 3 heteroatoms. The smallest absolute Gasteiger partial charge is 0.248 e. The molecule has 45 heavy (non-hydrogen) atoms. The maximum atomic E-state index is 6.54. The maximum absolute atomic E-state index is 6.54. The Bertz CT molecular complexity index is 2090. The molecule has 8 rings (SSSR count). The molecule has 0 aliphatic carbocycles. The van der Waals surface area contributed by atoms with Crippen molar-refractivity contribution in [3.8, 4) is 22.3 Å². The number of furan rings is 1. The monoisotopic (exact) mass is 577 g/mol. The van der Waals surface area contributed by atoms with Crippen LogP contribution in [-0.2, 0) is 0 Å². The molecular formula is C42H32BNO. The molecule has 1 aromatic heterocycles. The van der Waals surface area contributed by atoms with Crippen molar-refractivity contribution in [2.24, 2.45) is 0 Å². The Hall–Kier alpha value is -5.54. The predicted octanol–water partition coefficient (Wildman–Crippen LogP) is 9.41. The first-order valence-electron chi connectivity index (χ1n) is 15.6. The highest BCUT2D eigenvalue weighted by Crippen LogP contribution is 2.42. The van der Waals surface area contributed by atoms with Crippen molar-refractivity contribution in [3.63, 3.8) is 0 Å². The molecule has 2 nitrogen and oxygen atoms in total. The molecule has 0 saturated carbocycles. The van der Waals surface area contributed by atoms with E-state index in [0.29, 0.717) is 0 Å². The van der Waals surface area contributed by atoms with Crippen LogP contribution in [0, 0.1) is 6.92 Å². The first-order valence-corrected chi connectivity index (χ1v) is 15.6. The number of benzene rings is 6. The fourth-order valence-electron chi connectivity index (χ4n) is 7.15. The van der Waals surface area contributed by atoms with Crippen LogP contribution in [-0.4, -0.2) is 6.71 Å². The highest BCUT2D eigenvalue weighted by Gasteiger charge is 2.38. The molecule has 1 aliphatic rings. The van der Waals surface area contributed by atoms with E-state index in [9.17, 15) is 0 Å². The van der Waals surface area contributed by atoms with Gasteiger partial charge >= 0.3 is 0 Å². The van der Waals surface area contributed by atoms with Crippen molar-refractivity contribution in [2.75, 3.05) is 4.90 Å². The number of anilines is 3. The van der Waals surface area contributed by atoms with E-state index in [4.69, 9.17) is 4.42 Å². The molecule has 0 bridgehead atoms. The molecule has 0 atom stereocenters. The molecule has 214 valence electrons. The second-order valence-electron chi connectivity index (χ2n) is 11.6. The van der Waals surface area contributed by atoms with Crippen LogP contribution in [0.2, 0.25) is 0 Å². The number of para-hydroxylation sites is 3. The number of hydrogen-bond acceptors (Lipinski definition) is 2. The standard InChI is InChI=1S/C42H32BNO/c1-3-16-32-29(2)45-42-35(32)23-15-28-40(42)44-38-26-12-10-24-36(38)43(37-25-11-13-27-39(37)44)41-33(30-17-6-4-7-18-30)21-14-22-34(41)31-19-8-5-9-20-31/h3-28H,1-2H3/b16-3-. The van der Waals surface area contributed by atoms with Crippen LogP contribution in [0.4, 0.5) is 17.1 Å². The fraction of sp³-hybridized carbons (Fsp3) is 0.0476. The van der Waals surface area contributed by atoms with Crippen molar-refractivity contribution in [1.29, 1.82) is 0 Å². The van der Waals surface area contributed by atoms with Gasteiger partial charge < -0.3 is 9.32 Å². The van der Waals surface area contributed by atoms with E-state index in [1.54, 1.807) is 0 Å². The predicted molar refractivity (Wildman–Crippen MR) is 192 cm³/mol. The Morgan fingerprint density at radius 2 is 1.07 bits per heavy atom. The topological polar surface area (TPSA) is 16.4 Å². The van der Waals surface area contributed by atoms with Gasteiger partial charge in [0.15, 0.2) is 5.58 Å². The molecule has 2 heterocycles. The van der Waals surface area contributed by atoms with Gasteiger partial charge in [-0.05, 0) is 65.2 Å². The average molecular weight is 578 g/mol. The molecule has 6 aromatic carbocycles. The summed E-state index contributed by atoms with van der Waals surface area (Å²) >= 11 is 0. The maximum Gasteiger partial charge on any atom is 0.248 e. The van der Waals surface area contributed by atoms with Gasteiger partial charge in [0.25, 0.3) is 0 Å². The Labute approximate surface area is 265 Å². The normalized spacial score (nSPS) is 12.5.